The zero-order valence-electron chi connectivity index (χ0n) is 19.6. The third kappa shape index (κ3) is 7.05. The van der Waals surface area contributed by atoms with Gasteiger partial charge < -0.3 is 20.3 Å². The first-order valence-corrected chi connectivity index (χ1v) is 11.8. The molecule has 3 aromatic rings. The number of hydrogen-bond donors (Lipinski definition) is 2. The van der Waals surface area contributed by atoms with Crippen LogP contribution >= 0.6 is 11.6 Å². The first-order valence-electron chi connectivity index (χ1n) is 11.4. The Morgan fingerprint density at radius 2 is 1.69 bits per heavy atom. The normalized spacial score (nSPS) is 13.6. The molecule has 10 heteroatoms. The largest absolute Gasteiger partial charge is 0.378 e. The molecule has 2 aromatic carbocycles. The summed E-state index contributed by atoms with van der Waals surface area (Å²) < 4.78 is 7.06. The predicted octanol–water partition coefficient (Wildman–Crippen LogP) is 2.93. The maximum Gasteiger partial charge on any atom is 0.239 e. The Hall–Kier alpha value is -3.40. The molecular weight excluding hydrogens is 468 g/mol. The van der Waals surface area contributed by atoms with Gasteiger partial charge in [-0.2, -0.15) is 5.10 Å². The number of rotatable bonds is 9. The lowest BCUT2D eigenvalue weighted by atomic mass is 10.2. The van der Waals surface area contributed by atoms with Crippen LogP contribution in [0, 0.1) is 0 Å². The molecule has 0 saturated carbocycles. The highest BCUT2D eigenvalue weighted by atomic mass is 35.5. The molecule has 1 saturated heterocycles. The maximum atomic E-state index is 12.6. The van der Waals surface area contributed by atoms with Gasteiger partial charge >= 0.3 is 0 Å². The molecule has 1 aliphatic heterocycles. The smallest absolute Gasteiger partial charge is 0.239 e. The Bertz CT molecular complexity index is 1140. The number of halogens is 1. The van der Waals surface area contributed by atoms with E-state index in [-0.39, 0.29) is 24.9 Å². The van der Waals surface area contributed by atoms with E-state index in [4.69, 9.17) is 16.3 Å². The SMILES string of the molecule is CN(CC(=O)Nc1ccc(N2CCOCC2)cc1)CC(=O)Nc1ccnn1Cc1ccccc1Cl. The molecule has 1 aliphatic rings. The molecule has 184 valence electrons. The van der Waals surface area contributed by atoms with E-state index in [2.05, 4.69) is 20.6 Å². The monoisotopic (exact) mass is 496 g/mol. The van der Waals surface area contributed by atoms with Crippen LogP contribution in [0.25, 0.3) is 0 Å². The topological polar surface area (TPSA) is 91.7 Å². The van der Waals surface area contributed by atoms with Gasteiger partial charge in [-0.25, -0.2) is 4.68 Å². The van der Waals surface area contributed by atoms with Gasteiger partial charge in [0.05, 0.1) is 39.0 Å². The molecule has 0 bridgehead atoms. The van der Waals surface area contributed by atoms with Crippen molar-refractivity contribution in [2.24, 2.45) is 0 Å². The number of morpholine rings is 1. The molecule has 0 atom stereocenters. The van der Waals surface area contributed by atoms with Crippen molar-refractivity contribution < 1.29 is 14.3 Å². The van der Waals surface area contributed by atoms with Crippen molar-refractivity contribution in [2.45, 2.75) is 6.54 Å². The second-order valence-corrected chi connectivity index (χ2v) is 8.79. The Balaban J connectivity index is 1.24. The molecule has 0 spiro atoms. The van der Waals surface area contributed by atoms with Crippen molar-refractivity contribution in [3.63, 3.8) is 0 Å². The lowest BCUT2D eigenvalue weighted by Gasteiger charge is -2.28. The van der Waals surface area contributed by atoms with Crippen LogP contribution in [0.4, 0.5) is 17.2 Å². The van der Waals surface area contributed by atoms with Crippen molar-refractivity contribution in [1.82, 2.24) is 14.7 Å². The third-order valence-electron chi connectivity index (χ3n) is 5.62. The zero-order chi connectivity index (χ0) is 24.6. The highest BCUT2D eigenvalue weighted by Gasteiger charge is 2.15. The van der Waals surface area contributed by atoms with E-state index in [0.717, 1.165) is 37.6 Å². The molecule has 9 nitrogen and oxygen atoms in total. The first-order chi connectivity index (χ1) is 17.0. The minimum atomic E-state index is -0.240. The van der Waals surface area contributed by atoms with E-state index in [1.165, 1.54) is 0 Å². The van der Waals surface area contributed by atoms with Gasteiger partial charge in [-0.15, -0.1) is 0 Å². The highest BCUT2D eigenvalue weighted by molar-refractivity contribution is 6.31. The second-order valence-electron chi connectivity index (χ2n) is 8.38. The Labute approximate surface area is 209 Å². The number of nitrogens with zero attached hydrogens (tertiary/aromatic N) is 4. The molecular formula is C25H29ClN6O3. The van der Waals surface area contributed by atoms with Gasteiger partial charge in [0.15, 0.2) is 0 Å². The lowest BCUT2D eigenvalue weighted by molar-refractivity contribution is -0.119. The maximum absolute atomic E-state index is 12.6. The molecule has 2 N–H and O–H groups in total. The van der Waals surface area contributed by atoms with Crippen molar-refractivity contribution in [3.05, 3.63) is 71.4 Å². The molecule has 1 aromatic heterocycles. The predicted molar refractivity (Wildman–Crippen MR) is 137 cm³/mol. The second kappa shape index (κ2) is 11.8. The van der Waals surface area contributed by atoms with Gasteiger partial charge in [0, 0.05) is 35.6 Å². The van der Waals surface area contributed by atoms with Crippen molar-refractivity contribution in [3.8, 4) is 0 Å². The molecule has 35 heavy (non-hydrogen) atoms. The minimum Gasteiger partial charge on any atom is -0.378 e. The summed E-state index contributed by atoms with van der Waals surface area (Å²) in [4.78, 5) is 28.9. The van der Waals surface area contributed by atoms with Crippen LogP contribution in [0.3, 0.4) is 0 Å². The summed E-state index contributed by atoms with van der Waals surface area (Å²) in [5.41, 5.74) is 2.72. The van der Waals surface area contributed by atoms with E-state index in [9.17, 15) is 9.59 Å². The van der Waals surface area contributed by atoms with E-state index in [1.807, 2.05) is 48.5 Å². The number of benzene rings is 2. The Morgan fingerprint density at radius 1 is 1.00 bits per heavy atom. The summed E-state index contributed by atoms with van der Waals surface area (Å²) in [6.45, 7) is 3.74. The van der Waals surface area contributed by atoms with Gasteiger partial charge in [0.1, 0.15) is 5.82 Å². The molecule has 2 amide bonds. The van der Waals surface area contributed by atoms with Crippen LogP contribution in [0.1, 0.15) is 5.56 Å². The number of ether oxygens (including phenoxy) is 1. The quantitative estimate of drug-likeness (QED) is 0.473. The number of carbonyl (C=O) groups excluding carboxylic acids is 2. The van der Waals surface area contributed by atoms with Gasteiger partial charge in [0.25, 0.3) is 0 Å². The number of nitrogens with one attached hydrogen (secondary N) is 2. The number of aromatic nitrogens is 2. The van der Waals surface area contributed by atoms with Gasteiger partial charge in [-0.05, 0) is 42.9 Å². The minimum absolute atomic E-state index is 0.0562. The van der Waals surface area contributed by atoms with Crippen LogP contribution in [0.2, 0.25) is 5.02 Å². The number of hydrogen-bond acceptors (Lipinski definition) is 6. The van der Waals surface area contributed by atoms with Crippen molar-refractivity contribution in [2.75, 3.05) is 62.0 Å². The van der Waals surface area contributed by atoms with Crippen LogP contribution in [0.5, 0.6) is 0 Å². The van der Waals surface area contributed by atoms with Gasteiger partial charge in [0.2, 0.25) is 11.8 Å². The fourth-order valence-electron chi connectivity index (χ4n) is 3.86. The summed E-state index contributed by atoms with van der Waals surface area (Å²) in [5.74, 6) is 0.132. The van der Waals surface area contributed by atoms with E-state index in [0.29, 0.717) is 23.1 Å². The average Bonchev–Trinajstić information content (AvgIpc) is 3.27. The Kier molecular flexibility index (Phi) is 8.36. The summed E-state index contributed by atoms with van der Waals surface area (Å²) in [6, 6.07) is 17.0. The zero-order valence-corrected chi connectivity index (χ0v) is 20.4. The van der Waals surface area contributed by atoms with Crippen LogP contribution in [-0.2, 0) is 20.9 Å². The van der Waals surface area contributed by atoms with E-state index < -0.39 is 0 Å². The molecule has 2 heterocycles. The lowest BCUT2D eigenvalue weighted by Crippen LogP contribution is -2.36. The highest BCUT2D eigenvalue weighted by Crippen LogP contribution is 2.20. The molecule has 1 fully saturated rings. The van der Waals surface area contributed by atoms with Crippen LogP contribution in [-0.4, -0.2) is 72.9 Å². The van der Waals surface area contributed by atoms with Crippen molar-refractivity contribution in [1.29, 1.82) is 0 Å². The number of anilines is 3. The molecule has 0 unspecified atom stereocenters. The van der Waals surface area contributed by atoms with Crippen molar-refractivity contribution >= 4 is 40.6 Å². The van der Waals surface area contributed by atoms with Gasteiger partial charge in [-0.3, -0.25) is 14.5 Å². The molecule has 0 aliphatic carbocycles. The third-order valence-corrected chi connectivity index (χ3v) is 5.99. The molecule has 0 radical (unpaired) electrons. The standard InChI is InChI=1S/C25H29ClN6O3/c1-30(17-24(33)28-20-6-8-21(9-7-20)31-12-14-35-15-13-31)18-25(34)29-23-10-11-27-32(23)16-19-4-2-3-5-22(19)26/h2-11H,12-18H2,1H3,(H,28,33)(H,29,34). The Morgan fingerprint density at radius 3 is 2.40 bits per heavy atom. The summed E-state index contributed by atoms with van der Waals surface area (Å²) in [5, 5.41) is 10.6. The fourth-order valence-corrected chi connectivity index (χ4v) is 4.05. The first kappa shape index (κ1) is 24.7. The van der Waals surface area contributed by atoms with Crippen LogP contribution in [0.15, 0.2) is 60.8 Å². The van der Waals surface area contributed by atoms with Gasteiger partial charge in [-0.1, -0.05) is 29.8 Å². The van der Waals surface area contributed by atoms with Crippen LogP contribution < -0.4 is 15.5 Å². The summed E-state index contributed by atoms with van der Waals surface area (Å²) >= 11 is 6.24. The molecule has 4 rings (SSSR count). The number of amides is 2. The summed E-state index contributed by atoms with van der Waals surface area (Å²) in [6.07, 6.45) is 1.62. The summed E-state index contributed by atoms with van der Waals surface area (Å²) in [7, 11) is 1.72. The number of likely N-dealkylation sites (N-methyl/N-ethyl adjacent to an activating group) is 1. The van der Waals surface area contributed by atoms with E-state index in [1.54, 1.807) is 28.9 Å². The average molecular weight is 497 g/mol. The van der Waals surface area contributed by atoms with E-state index >= 15 is 0 Å². The fraction of sp³-hybridized carbons (Fsp3) is 0.320. The number of carbonyl (C=O) groups is 2.